The highest BCUT2D eigenvalue weighted by molar-refractivity contribution is 5.91. The zero-order valence-corrected chi connectivity index (χ0v) is 29.3. The predicted molar refractivity (Wildman–Crippen MR) is 184 cm³/mol. The van der Waals surface area contributed by atoms with Crippen molar-refractivity contribution in [2.45, 2.75) is 120 Å². The highest BCUT2D eigenvalue weighted by atomic mass is 19.1. The molecular weight excluding hydrogens is 643 g/mol. The van der Waals surface area contributed by atoms with E-state index in [1.165, 1.54) is 12.0 Å². The number of methoxy groups -OCH3 is 1. The molecule has 0 spiro atoms. The van der Waals surface area contributed by atoms with Gasteiger partial charge in [-0.25, -0.2) is 19.0 Å². The van der Waals surface area contributed by atoms with E-state index in [0.717, 1.165) is 81.7 Å². The molecular formula is C38H51FN4O7. The molecule has 2 saturated carbocycles. The van der Waals surface area contributed by atoms with Gasteiger partial charge in [0.2, 0.25) is 11.8 Å². The van der Waals surface area contributed by atoms with E-state index in [4.69, 9.17) is 23.9 Å². The summed E-state index contributed by atoms with van der Waals surface area (Å²) in [5.74, 6) is 0.374. The minimum atomic E-state index is -1.14. The Kier molecular flexibility index (Phi) is 10.6. The van der Waals surface area contributed by atoms with Crippen LogP contribution in [0.1, 0.15) is 82.6 Å². The molecule has 2 bridgehead atoms. The van der Waals surface area contributed by atoms with Gasteiger partial charge in [-0.1, -0.05) is 44.2 Å². The van der Waals surface area contributed by atoms with Crippen molar-refractivity contribution in [2.24, 2.45) is 11.8 Å². The number of amides is 2. The van der Waals surface area contributed by atoms with Crippen molar-refractivity contribution in [2.75, 3.05) is 33.8 Å². The molecule has 2 amide bonds. The number of fused-ring (bicyclic) bond motifs is 5. The van der Waals surface area contributed by atoms with Crippen molar-refractivity contribution in [1.82, 2.24) is 20.1 Å². The summed E-state index contributed by atoms with van der Waals surface area (Å²) in [5, 5.41) is 3.75. The van der Waals surface area contributed by atoms with Crippen LogP contribution in [0.2, 0.25) is 0 Å². The van der Waals surface area contributed by atoms with Crippen LogP contribution in [0.25, 0.3) is 10.9 Å². The first-order chi connectivity index (χ1) is 24.3. The maximum atomic E-state index is 15.4. The Morgan fingerprint density at radius 3 is 2.50 bits per heavy atom. The van der Waals surface area contributed by atoms with Crippen LogP contribution < -0.4 is 14.8 Å². The first kappa shape index (κ1) is 34.8. The molecule has 1 aromatic heterocycles. The molecule has 5 aliphatic rings. The van der Waals surface area contributed by atoms with Gasteiger partial charge in [-0.3, -0.25) is 4.79 Å². The Balaban J connectivity index is 1.24. The smallest absolute Gasteiger partial charge is 0.408 e. The van der Waals surface area contributed by atoms with E-state index in [9.17, 15) is 14.4 Å². The van der Waals surface area contributed by atoms with E-state index >= 15 is 4.39 Å². The highest BCUT2D eigenvalue weighted by Crippen LogP contribution is 2.41. The number of carbonyl (C=O) groups excluding carboxylic acids is 3. The molecule has 1 N–H and O–H groups in total. The van der Waals surface area contributed by atoms with E-state index in [2.05, 4.69) is 5.32 Å². The summed E-state index contributed by atoms with van der Waals surface area (Å²) < 4.78 is 39.7. The molecule has 272 valence electrons. The van der Waals surface area contributed by atoms with Gasteiger partial charge in [-0.15, -0.1) is 0 Å². The summed E-state index contributed by atoms with van der Waals surface area (Å²) in [6.07, 6.45) is 7.52. The number of para-hydroxylation sites is 1. The standard InChI is InChI=1S/C38H51FN4O7/c1-42-18-17-31(28(39)22-42)49-34-26-14-9-10-16-29(26)40-35-27(34)15-8-4-7-13-24-19-32(24)50-38(46)41-33(23-11-5-3-6-12-23)36(44)43-21-25(48-35)20-30(43)37(45)47-2/h9-10,14,16,23-25,28,30-33H,3-8,11-13,15,17-22H2,1-2H3,(H,41,46). The number of halogens is 1. The number of likely N-dealkylation sites (tertiary alicyclic amines) is 1. The van der Waals surface area contributed by atoms with E-state index in [1.807, 2.05) is 36.2 Å². The molecule has 2 aromatic rings. The molecule has 50 heavy (non-hydrogen) atoms. The zero-order chi connectivity index (χ0) is 34.8. The molecule has 4 fully saturated rings. The molecule has 0 radical (unpaired) electrons. The number of nitrogens with one attached hydrogen (secondary N) is 1. The lowest BCUT2D eigenvalue weighted by molar-refractivity contribution is -0.152. The molecule has 11 nitrogen and oxygen atoms in total. The largest absolute Gasteiger partial charge is 0.486 e. The number of alkyl carbamates (subject to hydrolysis) is 1. The third-order valence-electron chi connectivity index (χ3n) is 11.4. The Morgan fingerprint density at radius 1 is 0.960 bits per heavy atom. The van der Waals surface area contributed by atoms with Crippen molar-refractivity contribution in [3.63, 3.8) is 0 Å². The number of esters is 1. The van der Waals surface area contributed by atoms with Gasteiger partial charge >= 0.3 is 12.1 Å². The van der Waals surface area contributed by atoms with Gasteiger partial charge in [0.25, 0.3) is 0 Å². The fourth-order valence-corrected chi connectivity index (χ4v) is 8.49. The number of benzene rings is 1. The molecule has 3 aliphatic heterocycles. The minimum Gasteiger partial charge on any atom is -0.486 e. The summed E-state index contributed by atoms with van der Waals surface area (Å²) in [7, 11) is 3.23. The average molecular weight is 695 g/mol. The summed E-state index contributed by atoms with van der Waals surface area (Å²) in [6, 6.07) is 5.99. The van der Waals surface area contributed by atoms with Crippen LogP contribution in [0, 0.1) is 11.8 Å². The lowest BCUT2D eigenvalue weighted by atomic mass is 9.83. The molecule has 7 rings (SSSR count). The van der Waals surface area contributed by atoms with Gasteiger partial charge < -0.3 is 34.1 Å². The minimum absolute atomic E-state index is 0.0602. The molecule has 2 saturated heterocycles. The van der Waals surface area contributed by atoms with Gasteiger partial charge in [0.1, 0.15) is 42.3 Å². The summed E-state index contributed by atoms with van der Waals surface area (Å²) in [5.41, 5.74) is 1.46. The number of rotatable bonds is 4. The normalized spacial score (nSPS) is 31.7. The summed E-state index contributed by atoms with van der Waals surface area (Å²) in [6.45, 7) is 1.16. The average Bonchev–Trinajstić information content (AvgIpc) is 3.71. The molecule has 4 heterocycles. The number of nitrogens with zero attached hydrogens (tertiary/aromatic N) is 3. The fraction of sp³-hybridized carbons (Fsp3) is 0.684. The van der Waals surface area contributed by atoms with Gasteiger partial charge in [0, 0.05) is 24.9 Å². The molecule has 7 atom stereocenters. The third kappa shape index (κ3) is 7.65. The van der Waals surface area contributed by atoms with Crippen LogP contribution in [-0.4, -0.2) is 103 Å². The topological polar surface area (TPSA) is 120 Å². The van der Waals surface area contributed by atoms with E-state index in [-0.39, 0.29) is 30.9 Å². The van der Waals surface area contributed by atoms with Gasteiger partial charge in [0.15, 0.2) is 0 Å². The van der Waals surface area contributed by atoms with Crippen LogP contribution in [0.15, 0.2) is 24.3 Å². The Hall–Kier alpha value is -3.67. The van der Waals surface area contributed by atoms with Crippen molar-refractivity contribution >= 4 is 28.9 Å². The summed E-state index contributed by atoms with van der Waals surface area (Å²) >= 11 is 0. The number of ether oxygens (including phenoxy) is 4. The van der Waals surface area contributed by atoms with Gasteiger partial charge in [-0.2, -0.15) is 0 Å². The lowest BCUT2D eigenvalue weighted by Gasteiger charge is -2.34. The molecule has 1 aromatic carbocycles. The molecule has 12 heteroatoms. The number of aromatic nitrogens is 1. The van der Waals surface area contributed by atoms with Crippen LogP contribution in [0.3, 0.4) is 0 Å². The van der Waals surface area contributed by atoms with E-state index in [1.54, 1.807) is 0 Å². The highest BCUT2D eigenvalue weighted by Gasteiger charge is 2.47. The van der Waals surface area contributed by atoms with Crippen molar-refractivity contribution in [3.8, 4) is 11.6 Å². The van der Waals surface area contributed by atoms with E-state index < -0.39 is 42.5 Å². The van der Waals surface area contributed by atoms with Crippen LogP contribution in [0.4, 0.5) is 9.18 Å². The quantitative estimate of drug-likeness (QED) is 0.422. The lowest BCUT2D eigenvalue weighted by Crippen LogP contribution is -2.55. The molecule has 2 aliphatic carbocycles. The number of alkyl halides is 1. The second-order valence-electron chi connectivity index (χ2n) is 15.0. The maximum absolute atomic E-state index is 15.4. The van der Waals surface area contributed by atoms with Crippen molar-refractivity contribution in [3.05, 3.63) is 29.8 Å². The predicted octanol–water partition coefficient (Wildman–Crippen LogP) is 5.36. The van der Waals surface area contributed by atoms with Crippen LogP contribution >= 0.6 is 0 Å². The summed E-state index contributed by atoms with van der Waals surface area (Å²) in [4.78, 5) is 49.3. The molecule has 7 unspecified atom stereocenters. The maximum Gasteiger partial charge on any atom is 0.408 e. The van der Waals surface area contributed by atoms with Crippen molar-refractivity contribution in [1.29, 1.82) is 0 Å². The third-order valence-corrected chi connectivity index (χ3v) is 11.4. The second kappa shape index (κ2) is 15.3. The van der Waals surface area contributed by atoms with Crippen LogP contribution in [0.5, 0.6) is 11.6 Å². The Bertz CT molecular complexity index is 1550. The van der Waals surface area contributed by atoms with Crippen LogP contribution in [-0.2, 0) is 25.5 Å². The monoisotopic (exact) mass is 694 g/mol. The first-order valence-electron chi connectivity index (χ1n) is 18.7. The number of pyridine rings is 1. The fourth-order valence-electron chi connectivity index (χ4n) is 8.49. The number of hydrogen-bond acceptors (Lipinski definition) is 9. The SMILES string of the molecule is COC(=O)C1CC2CN1C(=O)C(C1CCCCC1)NC(=O)OC1CC1CCCCCc1c(nc3ccccc3c1OC1CCN(C)CC1F)O2. The van der Waals surface area contributed by atoms with Crippen molar-refractivity contribution < 1.29 is 37.7 Å². The number of piperidine rings is 1. The van der Waals surface area contributed by atoms with Gasteiger partial charge in [-0.05, 0) is 76.0 Å². The first-order valence-corrected chi connectivity index (χ1v) is 18.7. The Labute approximate surface area is 293 Å². The van der Waals surface area contributed by atoms with E-state index in [0.29, 0.717) is 42.5 Å². The zero-order valence-electron chi connectivity index (χ0n) is 29.3. The Morgan fingerprint density at radius 2 is 1.72 bits per heavy atom. The number of hydrogen-bond donors (Lipinski definition) is 1. The number of carbonyl (C=O) groups is 3. The second-order valence-corrected chi connectivity index (χ2v) is 15.0. The van der Waals surface area contributed by atoms with Gasteiger partial charge in [0.05, 0.1) is 24.7 Å².